The van der Waals surface area contributed by atoms with Crippen molar-refractivity contribution in [2.24, 2.45) is 0 Å². The third-order valence-electron chi connectivity index (χ3n) is 4.76. The molecule has 1 saturated heterocycles. The number of fused-ring (bicyclic) bond motifs is 1. The summed E-state index contributed by atoms with van der Waals surface area (Å²) in [6, 6.07) is 4.73. The molecule has 0 atom stereocenters. The van der Waals surface area contributed by atoms with E-state index in [-0.39, 0.29) is 0 Å². The number of nitrogens with zero attached hydrogens (tertiary/aromatic N) is 5. The van der Waals surface area contributed by atoms with Crippen LogP contribution in [0.2, 0.25) is 0 Å². The molecular weight excluding hydrogens is 318 g/mol. The number of aryl methyl sites for hydroxylation is 1. The number of hydrogen-bond acceptors (Lipinski definition) is 6. The molecule has 0 saturated carbocycles. The van der Waals surface area contributed by atoms with E-state index >= 15 is 0 Å². The minimum absolute atomic E-state index is 0.490. The van der Waals surface area contributed by atoms with E-state index in [0.717, 1.165) is 43.0 Å². The highest BCUT2D eigenvalue weighted by molar-refractivity contribution is 7.17. The Balaban J connectivity index is 1.47. The Labute approximate surface area is 146 Å². The summed E-state index contributed by atoms with van der Waals surface area (Å²) in [4.78, 5) is 18.1. The second-order valence-corrected chi connectivity index (χ2v) is 7.27. The molecule has 0 spiro atoms. The molecule has 3 aromatic rings. The Morgan fingerprint density at radius 3 is 2.62 bits per heavy atom. The van der Waals surface area contributed by atoms with Gasteiger partial charge in [-0.05, 0) is 42.8 Å². The van der Waals surface area contributed by atoms with Gasteiger partial charge >= 0.3 is 0 Å². The largest absolute Gasteiger partial charge is 0.370 e. The SMILES string of the molecule is Cc1cnc(N(C)C2CCN(c3ccnc4ccsc34)CC2)nc1. The highest BCUT2D eigenvalue weighted by atomic mass is 32.1. The van der Waals surface area contributed by atoms with Crippen LogP contribution in [0.4, 0.5) is 11.6 Å². The summed E-state index contributed by atoms with van der Waals surface area (Å²) < 4.78 is 1.30. The molecule has 0 aliphatic carbocycles. The molecule has 0 unspecified atom stereocenters. The van der Waals surface area contributed by atoms with Gasteiger partial charge in [0.05, 0.1) is 15.9 Å². The third-order valence-corrected chi connectivity index (χ3v) is 5.68. The molecule has 4 heterocycles. The van der Waals surface area contributed by atoms with Gasteiger partial charge in [0.2, 0.25) is 5.95 Å². The number of piperidine rings is 1. The van der Waals surface area contributed by atoms with Crippen LogP contribution in [-0.4, -0.2) is 41.1 Å². The fourth-order valence-electron chi connectivity index (χ4n) is 3.33. The van der Waals surface area contributed by atoms with Crippen LogP contribution >= 0.6 is 11.3 Å². The molecule has 0 radical (unpaired) electrons. The van der Waals surface area contributed by atoms with Crippen molar-refractivity contribution in [3.05, 3.63) is 41.7 Å². The Kier molecular flexibility index (Phi) is 4.06. The molecule has 124 valence electrons. The van der Waals surface area contributed by atoms with Crippen LogP contribution in [0, 0.1) is 6.92 Å². The maximum absolute atomic E-state index is 4.46. The standard InChI is InChI=1S/C18H21N5S/c1-13-11-20-18(21-12-13)22(2)14-4-8-23(9-5-14)16-3-7-19-15-6-10-24-17(15)16/h3,6-7,10-12,14H,4-5,8-9H2,1-2H3. The average molecular weight is 339 g/mol. The first kappa shape index (κ1) is 15.3. The van der Waals surface area contributed by atoms with Gasteiger partial charge in [0.25, 0.3) is 0 Å². The number of rotatable bonds is 3. The van der Waals surface area contributed by atoms with E-state index < -0.39 is 0 Å². The Hall–Kier alpha value is -2.21. The van der Waals surface area contributed by atoms with Crippen LogP contribution in [0.3, 0.4) is 0 Å². The minimum Gasteiger partial charge on any atom is -0.370 e. The van der Waals surface area contributed by atoms with Gasteiger partial charge < -0.3 is 9.80 Å². The van der Waals surface area contributed by atoms with Crippen LogP contribution in [0.15, 0.2) is 36.1 Å². The summed E-state index contributed by atoms with van der Waals surface area (Å²) in [6.07, 6.45) is 7.92. The van der Waals surface area contributed by atoms with Crippen LogP contribution < -0.4 is 9.80 Å². The summed E-state index contributed by atoms with van der Waals surface area (Å²) >= 11 is 1.78. The van der Waals surface area contributed by atoms with Gasteiger partial charge in [0.1, 0.15) is 0 Å². The highest BCUT2D eigenvalue weighted by Gasteiger charge is 2.25. The normalized spacial score (nSPS) is 15.8. The van der Waals surface area contributed by atoms with Crippen LogP contribution in [0.1, 0.15) is 18.4 Å². The molecule has 1 aliphatic rings. The van der Waals surface area contributed by atoms with Crippen molar-refractivity contribution in [2.75, 3.05) is 29.9 Å². The molecule has 3 aromatic heterocycles. The fourth-order valence-corrected chi connectivity index (χ4v) is 4.23. The van der Waals surface area contributed by atoms with Gasteiger partial charge in [-0.25, -0.2) is 9.97 Å². The zero-order valence-corrected chi connectivity index (χ0v) is 14.8. The second-order valence-electron chi connectivity index (χ2n) is 6.35. The Bertz CT molecular complexity index is 821. The van der Waals surface area contributed by atoms with Gasteiger partial charge in [-0.1, -0.05) is 0 Å². The fraction of sp³-hybridized carbons (Fsp3) is 0.389. The molecule has 0 bridgehead atoms. The maximum Gasteiger partial charge on any atom is 0.225 e. The van der Waals surface area contributed by atoms with Crippen molar-refractivity contribution >= 4 is 33.2 Å². The molecule has 1 fully saturated rings. The minimum atomic E-state index is 0.490. The smallest absolute Gasteiger partial charge is 0.225 e. The summed E-state index contributed by atoms with van der Waals surface area (Å²) in [6.45, 7) is 4.12. The molecule has 4 rings (SSSR count). The lowest BCUT2D eigenvalue weighted by Gasteiger charge is -2.38. The third kappa shape index (κ3) is 2.82. The lowest BCUT2D eigenvalue weighted by atomic mass is 10.0. The van der Waals surface area contributed by atoms with E-state index in [1.54, 1.807) is 11.3 Å². The zero-order chi connectivity index (χ0) is 16.5. The van der Waals surface area contributed by atoms with Gasteiger partial charge in [0.15, 0.2) is 0 Å². The first-order valence-electron chi connectivity index (χ1n) is 8.31. The molecule has 6 heteroatoms. The summed E-state index contributed by atoms with van der Waals surface area (Å²) in [5.74, 6) is 0.823. The van der Waals surface area contributed by atoms with Gasteiger partial charge in [-0.15, -0.1) is 11.3 Å². The quantitative estimate of drug-likeness (QED) is 0.731. The second kappa shape index (κ2) is 6.36. The first-order valence-corrected chi connectivity index (χ1v) is 9.19. The van der Waals surface area contributed by atoms with Crippen LogP contribution in [-0.2, 0) is 0 Å². The molecule has 1 aliphatic heterocycles. The lowest BCUT2D eigenvalue weighted by molar-refractivity contribution is 0.478. The number of pyridine rings is 1. The van der Waals surface area contributed by atoms with E-state index in [2.05, 4.69) is 49.3 Å². The number of thiophene rings is 1. The molecule has 0 N–H and O–H groups in total. The van der Waals surface area contributed by atoms with Crippen LogP contribution in [0.5, 0.6) is 0 Å². The van der Waals surface area contributed by atoms with E-state index in [1.165, 1.54) is 10.4 Å². The van der Waals surface area contributed by atoms with Crippen molar-refractivity contribution in [2.45, 2.75) is 25.8 Å². The van der Waals surface area contributed by atoms with Crippen molar-refractivity contribution in [1.29, 1.82) is 0 Å². The molecule has 5 nitrogen and oxygen atoms in total. The van der Waals surface area contributed by atoms with Crippen molar-refractivity contribution in [3.63, 3.8) is 0 Å². The van der Waals surface area contributed by atoms with Gasteiger partial charge in [-0.2, -0.15) is 0 Å². The Morgan fingerprint density at radius 2 is 1.88 bits per heavy atom. The first-order chi connectivity index (χ1) is 11.7. The van der Waals surface area contributed by atoms with Crippen LogP contribution in [0.25, 0.3) is 10.2 Å². The molecule has 24 heavy (non-hydrogen) atoms. The lowest BCUT2D eigenvalue weighted by Crippen LogP contribution is -2.44. The van der Waals surface area contributed by atoms with E-state index in [9.17, 15) is 0 Å². The number of hydrogen-bond donors (Lipinski definition) is 0. The number of aromatic nitrogens is 3. The summed E-state index contributed by atoms with van der Waals surface area (Å²) in [5, 5.41) is 2.12. The van der Waals surface area contributed by atoms with Crippen molar-refractivity contribution < 1.29 is 0 Å². The van der Waals surface area contributed by atoms with Gasteiger partial charge in [0, 0.05) is 44.8 Å². The van der Waals surface area contributed by atoms with E-state index in [0.29, 0.717) is 6.04 Å². The van der Waals surface area contributed by atoms with E-state index in [1.807, 2.05) is 25.5 Å². The monoisotopic (exact) mass is 339 g/mol. The molecular formula is C18H21N5S. The predicted molar refractivity (Wildman–Crippen MR) is 100 cm³/mol. The van der Waals surface area contributed by atoms with E-state index in [4.69, 9.17) is 0 Å². The maximum atomic E-state index is 4.46. The number of anilines is 2. The average Bonchev–Trinajstić information content (AvgIpc) is 3.11. The highest BCUT2D eigenvalue weighted by Crippen LogP contribution is 2.32. The van der Waals surface area contributed by atoms with Gasteiger partial charge in [-0.3, -0.25) is 4.98 Å². The molecule has 0 amide bonds. The zero-order valence-electron chi connectivity index (χ0n) is 14.0. The van der Waals surface area contributed by atoms with Crippen molar-refractivity contribution in [1.82, 2.24) is 15.0 Å². The Morgan fingerprint density at radius 1 is 1.12 bits per heavy atom. The molecule has 0 aromatic carbocycles. The predicted octanol–water partition coefficient (Wildman–Crippen LogP) is 3.50. The topological polar surface area (TPSA) is 45.2 Å². The summed E-state index contributed by atoms with van der Waals surface area (Å²) in [5.41, 5.74) is 3.52. The summed E-state index contributed by atoms with van der Waals surface area (Å²) in [7, 11) is 2.11. The van der Waals surface area contributed by atoms with Crippen molar-refractivity contribution in [3.8, 4) is 0 Å².